The molecule has 31 heavy (non-hydrogen) atoms. The van der Waals surface area contributed by atoms with Crippen LogP contribution >= 0.6 is 0 Å². The Morgan fingerprint density at radius 3 is 2.48 bits per heavy atom. The highest BCUT2D eigenvalue weighted by atomic mass is 16.5. The fraction of sp³-hybridized carbons (Fsp3) is 0.348. The third-order valence-electron chi connectivity index (χ3n) is 5.13. The van der Waals surface area contributed by atoms with Gasteiger partial charge in [0.25, 0.3) is 5.91 Å². The highest BCUT2D eigenvalue weighted by Crippen LogP contribution is 2.18. The number of hydrazine groups is 1. The molecule has 1 fully saturated rings. The zero-order valence-electron chi connectivity index (χ0n) is 17.6. The zero-order chi connectivity index (χ0) is 22.1. The normalized spacial score (nSPS) is 15.6. The molecule has 3 rings (SSSR count). The first-order chi connectivity index (χ1) is 15.0. The average molecular weight is 425 g/mol. The van der Waals surface area contributed by atoms with Gasteiger partial charge in [0, 0.05) is 18.8 Å². The summed E-state index contributed by atoms with van der Waals surface area (Å²) in [5.74, 6) is -0.579. The van der Waals surface area contributed by atoms with Crippen molar-refractivity contribution in [3.05, 3.63) is 60.2 Å². The summed E-state index contributed by atoms with van der Waals surface area (Å²) in [5, 5.41) is 2.83. The van der Waals surface area contributed by atoms with E-state index in [2.05, 4.69) is 23.1 Å². The Labute approximate surface area is 181 Å². The third kappa shape index (κ3) is 6.74. The Morgan fingerprint density at radius 1 is 1.03 bits per heavy atom. The number of rotatable bonds is 6. The van der Waals surface area contributed by atoms with Crippen LogP contribution in [-0.4, -0.2) is 42.4 Å². The van der Waals surface area contributed by atoms with Crippen molar-refractivity contribution in [2.75, 3.05) is 25.0 Å². The number of amides is 4. The van der Waals surface area contributed by atoms with Gasteiger partial charge >= 0.3 is 6.03 Å². The summed E-state index contributed by atoms with van der Waals surface area (Å²) < 4.78 is 5.43. The van der Waals surface area contributed by atoms with Crippen molar-refractivity contribution in [1.29, 1.82) is 0 Å². The van der Waals surface area contributed by atoms with E-state index in [-0.39, 0.29) is 18.5 Å². The van der Waals surface area contributed by atoms with Crippen LogP contribution in [0.25, 0.3) is 0 Å². The van der Waals surface area contributed by atoms with Gasteiger partial charge in [-0.15, -0.1) is 0 Å². The predicted octanol–water partition coefficient (Wildman–Crippen LogP) is 2.72. The van der Waals surface area contributed by atoms with Crippen molar-refractivity contribution in [3.8, 4) is 5.75 Å². The van der Waals surface area contributed by atoms with Crippen LogP contribution < -0.4 is 20.9 Å². The molecule has 0 unspecified atom stereocenters. The minimum atomic E-state index is -0.456. The molecular weight excluding hydrogens is 396 g/mol. The molecule has 0 aromatic heterocycles. The van der Waals surface area contributed by atoms with E-state index in [1.165, 1.54) is 5.56 Å². The number of nitrogens with zero attached hydrogens (tertiary/aromatic N) is 1. The number of aryl methyl sites for hydroxylation is 1. The summed E-state index contributed by atoms with van der Waals surface area (Å²) in [5.41, 5.74) is 6.70. The Bertz CT molecular complexity index is 886. The van der Waals surface area contributed by atoms with Crippen LogP contribution in [0.4, 0.5) is 10.5 Å². The van der Waals surface area contributed by atoms with Crippen molar-refractivity contribution >= 4 is 23.5 Å². The van der Waals surface area contributed by atoms with Gasteiger partial charge in [-0.25, -0.2) is 4.79 Å². The maximum Gasteiger partial charge on any atom is 0.321 e. The number of hydrogen-bond donors (Lipinski definition) is 3. The van der Waals surface area contributed by atoms with E-state index >= 15 is 0 Å². The number of benzene rings is 2. The van der Waals surface area contributed by atoms with Gasteiger partial charge in [0.1, 0.15) is 5.75 Å². The zero-order valence-corrected chi connectivity index (χ0v) is 17.6. The molecule has 1 aliphatic heterocycles. The number of anilines is 1. The number of piperidine rings is 1. The van der Waals surface area contributed by atoms with Crippen LogP contribution in [0.5, 0.6) is 5.75 Å². The van der Waals surface area contributed by atoms with E-state index < -0.39 is 11.8 Å². The molecule has 0 saturated carbocycles. The summed E-state index contributed by atoms with van der Waals surface area (Å²) in [7, 11) is 0. The van der Waals surface area contributed by atoms with E-state index in [4.69, 9.17) is 4.74 Å². The van der Waals surface area contributed by atoms with Crippen LogP contribution in [0.15, 0.2) is 54.6 Å². The second-order valence-corrected chi connectivity index (χ2v) is 7.40. The van der Waals surface area contributed by atoms with Gasteiger partial charge in [-0.1, -0.05) is 37.3 Å². The third-order valence-corrected chi connectivity index (χ3v) is 5.13. The molecule has 1 aliphatic rings. The lowest BCUT2D eigenvalue weighted by molar-refractivity contribution is -0.132. The number of carbonyl (C=O) groups is 3. The topological polar surface area (TPSA) is 99.8 Å². The van der Waals surface area contributed by atoms with Crippen molar-refractivity contribution in [2.45, 2.75) is 26.2 Å². The molecule has 3 N–H and O–H groups in total. The van der Waals surface area contributed by atoms with Gasteiger partial charge < -0.3 is 15.0 Å². The summed E-state index contributed by atoms with van der Waals surface area (Å²) in [6, 6.07) is 16.4. The van der Waals surface area contributed by atoms with E-state index in [1.54, 1.807) is 4.90 Å². The molecule has 8 nitrogen and oxygen atoms in total. The van der Waals surface area contributed by atoms with Gasteiger partial charge in [0.15, 0.2) is 6.61 Å². The summed E-state index contributed by atoms with van der Waals surface area (Å²) in [4.78, 5) is 38.5. The Balaban J connectivity index is 1.40. The maximum absolute atomic E-state index is 12.5. The lowest BCUT2D eigenvalue weighted by Gasteiger charge is -2.32. The monoisotopic (exact) mass is 424 g/mol. The first kappa shape index (κ1) is 22.1. The minimum absolute atomic E-state index is 0.206. The lowest BCUT2D eigenvalue weighted by Crippen LogP contribution is -2.51. The number of urea groups is 1. The van der Waals surface area contributed by atoms with Gasteiger partial charge in [-0.3, -0.25) is 20.4 Å². The van der Waals surface area contributed by atoms with E-state index in [9.17, 15) is 14.4 Å². The molecule has 0 radical (unpaired) electrons. The van der Waals surface area contributed by atoms with E-state index in [1.807, 2.05) is 54.6 Å². The fourth-order valence-corrected chi connectivity index (χ4v) is 3.34. The Kier molecular flexibility index (Phi) is 7.86. The molecule has 1 atom stereocenters. The molecule has 0 aliphatic carbocycles. The van der Waals surface area contributed by atoms with Crippen LogP contribution in [0, 0.1) is 5.92 Å². The van der Waals surface area contributed by atoms with Crippen molar-refractivity contribution in [1.82, 2.24) is 15.8 Å². The number of carbonyl (C=O) groups excluding carboxylic acids is 3. The van der Waals surface area contributed by atoms with Crippen molar-refractivity contribution < 1.29 is 19.1 Å². The molecule has 8 heteroatoms. The van der Waals surface area contributed by atoms with Crippen LogP contribution in [-0.2, 0) is 16.0 Å². The lowest BCUT2D eigenvalue weighted by atomic mass is 9.98. The summed E-state index contributed by atoms with van der Waals surface area (Å²) >= 11 is 0. The number of nitrogens with one attached hydrogen (secondary N) is 3. The van der Waals surface area contributed by atoms with Crippen molar-refractivity contribution in [2.24, 2.45) is 5.92 Å². The standard InChI is InChI=1S/C23H28N4O4/c1-2-17-10-12-20(13-11-17)31-16-21(28)25-26-22(29)18-7-6-14-27(15-18)23(30)24-19-8-4-3-5-9-19/h3-5,8-13,18H,2,6-7,14-16H2,1H3,(H,24,30)(H,25,28)(H,26,29)/t18-/m0/s1. The maximum atomic E-state index is 12.5. The van der Waals surface area contributed by atoms with E-state index in [0.717, 1.165) is 6.42 Å². The smallest absolute Gasteiger partial charge is 0.321 e. The van der Waals surface area contributed by atoms with Gasteiger partial charge in [0.05, 0.1) is 5.92 Å². The molecule has 2 aromatic rings. The largest absolute Gasteiger partial charge is 0.484 e. The van der Waals surface area contributed by atoms with Gasteiger partial charge in [-0.2, -0.15) is 0 Å². The second-order valence-electron chi connectivity index (χ2n) is 7.40. The molecular formula is C23H28N4O4. The summed E-state index contributed by atoms with van der Waals surface area (Å²) in [6.45, 7) is 2.73. The highest BCUT2D eigenvalue weighted by molar-refractivity contribution is 5.90. The first-order valence-corrected chi connectivity index (χ1v) is 10.5. The molecule has 1 heterocycles. The molecule has 164 valence electrons. The Hall–Kier alpha value is -3.55. The molecule has 1 saturated heterocycles. The minimum Gasteiger partial charge on any atom is -0.484 e. The predicted molar refractivity (Wildman–Crippen MR) is 117 cm³/mol. The first-order valence-electron chi connectivity index (χ1n) is 10.5. The number of likely N-dealkylation sites (tertiary alicyclic amines) is 1. The van der Waals surface area contributed by atoms with Crippen LogP contribution in [0.3, 0.4) is 0 Å². The highest BCUT2D eigenvalue weighted by Gasteiger charge is 2.28. The summed E-state index contributed by atoms with van der Waals surface area (Å²) in [6.07, 6.45) is 2.29. The second kappa shape index (κ2) is 11.0. The molecule has 0 bridgehead atoms. The van der Waals surface area contributed by atoms with Gasteiger partial charge in [0.2, 0.25) is 5.91 Å². The molecule has 4 amide bonds. The van der Waals surface area contributed by atoms with Crippen LogP contribution in [0.2, 0.25) is 0 Å². The quantitative estimate of drug-likeness (QED) is 0.621. The van der Waals surface area contributed by atoms with Crippen LogP contribution in [0.1, 0.15) is 25.3 Å². The molecule has 2 aromatic carbocycles. The average Bonchev–Trinajstić information content (AvgIpc) is 2.82. The van der Waals surface area contributed by atoms with E-state index in [0.29, 0.717) is 37.4 Å². The van der Waals surface area contributed by atoms with Gasteiger partial charge in [-0.05, 0) is 49.1 Å². The SMILES string of the molecule is CCc1ccc(OCC(=O)NNC(=O)[C@H]2CCCN(C(=O)Nc3ccccc3)C2)cc1. The number of para-hydroxylation sites is 1. The number of ether oxygens (including phenoxy) is 1. The fourth-order valence-electron chi connectivity index (χ4n) is 3.34. The Morgan fingerprint density at radius 2 is 1.77 bits per heavy atom. The van der Waals surface area contributed by atoms with Crippen molar-refractivity contribution in [3.63, 3.8) is 0 Å². The number of hydrogen-bond acceptors (Lipinski definition) is 4. The molecule has 0 spiro atoms.